The van der Waals surface area contributed by atoms with Crippen LogP contribution in [0.1, 0.15) is 94.3 Å². The van der Waals surface area contributed by atoms with E-state index in [-0.39, 0.29) is 24.5 Å². The Morgan fingerprint density at radius 1 is 0.836 bits per heavy atom. The SMILES string of the molecule is CN(C(=O)OC(C)(C)C)c1c(C[C@@H](N=C(c2ccccc2)c2ccccc2)C(=O)OC(C)(C)C)sc(CO[Si](C)(C)C(C)(C)C)c1Cc1cc(F)ccc1Cl. The number of rotatable bonds is 12. The Labute approximate surface area is 337 Å². The summed E-state index contributed by atoms with van der Waals surface area (Å²) in [5.41, 5.74) is 2.55. The topological polar surface area (TPSA) is 77.4 Å². The molecular weight excluding hydrogens is 751 g/mol. The van der Waals surface area contributed by atoms with E-state index in [0.717, 1.165) is 21.6 Å². The van der Waals surface area contributed by atoms with Gasteiger partial charge in [-0.25, -0.2) is 14.0 Å². The zero-order valence-corrected chi connectivity index (χ0v) is 36.9. The van der Waals surface area contributed by atoms with Gasteiger partial charge < -0.3 is 13.9 Å². The van der Waals surface area contributed by atoms with Crippen LogP contribution in [0, 0.1) is 5.82 Å². The van der Waals surface area contributed by atoms with Gasteiger partial charge in [-0.1, -0.05) is 93.0 Å². The summed E-state index contributed by atoms with van der Waals surface area (Å²) in [7, 11) is -0.613. The summed E-state index contributed by atoms with van der Waals surface area (Å²) in [6.45, 7) is 22.0. The molecule has 0 bridgehead atoms. The molecule has 0 radical (unpaired) electrons. The number of carbonyl (C=O) groups excluding carboxylic acids is 2. The molecule has 0 saturated heterocycles. The first-order chi connectivity index (χ1) is 25.5. The first-order valence-electron chi connectivity index (χ1n) is 18.6. The first kappa shape index (κ1) is 43.9. The summed E-state index contributed by atoms with van der Waals surface area (Å²) < 4.78 is 33.4. The van der Waals surface area contributed by atoms with Crippen LogP contribution in [0.3, 0.4) is 0 Å². The van der Waals surface area contributed by atoms with E-state index in [1.807, 2.05) is 81.4 Å². The molecule has 0 saturated carbocycles. The first-order valence-corrected chi connectivity index (χ1v) is 22.7. The van der Waals surface area contributed by atoms with E-state index in [4.69, 9.17) is 30.5 Å². The van der Waals surface area contributed by atoms with Crippen molar-refractivity contribution in [2.24, 2.45) is 4.99 Å². The van der Waals surface area contributed by atoms with E-state index in [1.165, 1.54) is 34.4 Å². The number of carbonyl (C=O) groups is 2. The van der Waals surface area contributed by atoms with Gasteiger partial charge in [0, 0.05) is 45.8 Å². The molecule has 1 aromatic heterocycles. The number of benzene rings is 3. The predicted molar refractivity (Wildman–Crippen MR) is 227 cm³/mol. The van der Waals surface area contributed by atoms with Crippen LogP contribution >= 0.6 is 22.9 Å². The summed E-state index contributed by atoms with van der Waals surface area (Å²) >= 11 is 8.13. The monoisotopic (exact) mass is 806 g/mol. The highest BCUT2D eigenvalue weighted by atomic mass is 35.5. The Morgan fingerprint density at radius 2 is 1.38 bits per heavy atom. The Bertz CT molecular complexity index is 1940. The van der Waals surface area contributed by atoms with Crippen molar-refractivity contribution in [1.82, 2.24) is 0 Å². The lowest BCUT2D eigenvalue weighted by atomic mass is 10.00. The normalized spacial score (nSPS) is 12.9. The van der Waals surface area contributed by atoms with Crippen LogP contribution in [-0.2, 0) is 38.1 Å². The molecule has 4 aromatic rings. The van der Waals surface area contributed by atoms with Gasteiger partial charge >= 0.3 is 12.1 Å². The highest BCUT2D eigenvalue weighted by Gasteiger charge is 2.38. The van der Waals surface area contributed by atoms with Crippen LogP contribution < -0.4 is 4.90 Å². The molecule has 0 aliphatic carbocycles. The highest BCUT2D eigenvalue weighted by molar-refractivity contribution is 7.12. The van der Waals surface area contributed by atoms with E-state index in [9.17, 15) is 14.0 Å². The molecule has 1 amide bonds. The van der Waals surface area contributed by atoms with Gasteiger partial charge in [-0.3, -0.25) is 9.89 Å². The third kappa shape index (κ3) is 12.1. The third-order valence-corrected chi connectivity index (χ3v) is 15.4. The number of ether oxygens (including phenoxy) is 2. The lowest BCUT2D eigenvalue weighted by Crippen LogP contribution is -2.40. The fourth-order valence-electron chi connectivity index (χ4n) is 5.53. The number of aliphatic imine (C=N–C) groups is 1. The van der Waals surface area contributed by atoms with E-state index in [1.54, 1.807) is 27.8 Å². The maximum absolute atomic E-state index is 14.7. The largest absolute Gasteiger partial charge is 0.458 e. The molecule has 0 fully saturated rings. The van der Waals surface area contributed by atoms with Crippen molar-refractivity contribution >= 4 is 54.7 Å². The second-order valence-electron chi connectivity index (χ2n) is 17.2. The van der Waals surface area contributed by atoms with E-state index < -0.39 is 43.4 Å². The molecule has 1 heterocycles. The summed E-state index contributed by atoms with van der Waals surface area (Å²) in [5, 5.41) is 0.319. The molecule has 1 atom stereocenters. The molecule has 7 nitrogen and oxygen atoms in total. The fraction of sp³-hybridized carbons (Fsp3) is 0.432. The Kier molecular flexibility index (Phi) is 14.0. The predicted octanol–water partition coefficient (Wildman–Crippen LogP) is 11.8. The van der Waals surface area contributed by atoms with Crippen molar-refractivity contribution in [2.45, 2.75) is 117 Å². The van der Waals surface area contributed by atoms with Crippen LogP contribution in [0.5, 0.6) is 0 Å². The second-order valence-corrected chi connectivity index (χ2v) is 23.6. The van der Waals surface area contributed by atoms with Gasteiger partial charge in [-0.15, -0.1) is 11.3 Å². The standard InChI is InChI=1S/C44H56ClFN2O5SSi/c1-42(2,3)52-40(49)35(47-38(29-19-15-13-16-20-29)30-21-17-14-18-22-30)27-36-39(48(10)41(50)53-43(4,5)6)33(26-31-25-32(46)23-24-34(31)45)37(54-36)28-51-55(11,12)44(7,8)9/h13-25,35H,26-28H2,1-12H3/t35-/m1/s1. The van der Waals surface area contributed by atoms with Crippen molar-refractivity contribution in [1.29, 1.82) is 0 Å². The molecule has 296 valence electrons. The van der Waals surface area contributed by atoms with Crippen molar-refractivity contribution < 1.29 is 27.9 Å². The summed E-state index contributed by atoms with van der Waals surface area (Å²) in [6, 6.07) is 22.7. The van der Waals surface area contributed by atoms with Crippen molar-refractivity contribution in [2.75, 3.05) is 11.9 Å². The number of hydrogen-bond acceptors (Lipinski definition) is 7. The summed E-state index contributed by atoms with van der Waals surface area (Å²) in [5.74, 6) is -0.936. The number of anilines is 1. The van der Waals surface area contributed by atoms with E-state index in [2.05, 4.69) is 33.9 Å². The molecule has 0 aliphatic heterocycles. The molecule has 11 heteroatoms. The summed E-state index contributed by atoms with van der Waals surface area (Å²) in [6.07, 6.45) is -0.290. The molecule has 0 unspecified atom stereocenters. The lowest BCUT2D eigenvalue weighted by molar-refractivity contribution is -0.156. The van der Waals surface area contributed by atoms with Crippen molar-refractivity contribution in [3.8, 4) is 0 Å². The average Bonchev–Trinajstić information content (AvgIpc) is 3.41. The zero-order chi connectivity index (χ0) is 40.9. The summed E-state index contributed by atoms with van der Waals surface area (Å²) in [4.78, 5) is 36.4. The Balaban J connectivity index is 2.01. The lowest BCUT2D eigenvalue weighted by Gasteiger charge is -2.36. The van der Waals surface area contributed by atoms with Crippen LogP contribution in [0.25, 0.3) is 0 Å². The second kappa shape index (κ2) is 17.5. The molecule has 0 spiro atoms. The van der Waals surface area contributed by atoms with E-state index in [0.29, 0.717) is 26.9 Å². The Hall–Kier alpha value is -3.83. The quantitative estimate of drug-likeness (QED) is 0.0809. The minimum Gasteiger partial charge on any atom is -0.458 e. The molecule has 3 aromatic carbocycles. The maximum Gasteiger partial charge on any atom is 0.414 e. The average molecular weight is 808 g/mol. The zero-order valence-electron chi connectivity index (χ0n) is 34.3. The molecule has 0 aliphatic rings. The molecule has 55 heavy (non-hydrogen) atoms. The van der Waals surface area contributed by atoms with Crippen molar-refractivity contribution in [3.63, 3.8) is 0 Å². The number of amides is 1. The maximum atomic E-state index is 14.7. The van der Waals surface area contributed by atoms with Gasteiger partial charge in [0.1, 0.15) is 17.0 Å². The van der Waals surface area contributed by atoms with Crippen LogP contribution in [0.4, 0.5) is 14.9 Å². The smallest absolute Gasteiger partial charge is 0.414 e. The van der Waals surface area contributed by atoms with Gasteiger partial charge in [0.25, 0.3) is 0 Å². The third-order valence-electron chi connectivity index (χ3n) is 9.32. The number of halogens is 2. The number of esters is 1. The highest BCUT2D eigenvalue weighted by Crippen LogP contribution is 2.43. The Morgan fingerprint density at radius 3 is 1.89 bits per heavy atom. The van der Waals surface area contributed by atoms with Crippen molar-refractivity contribution in [3.05, 3.63) is 122 Å². The molecular formula is C44H56ClFN2O5SSi. The van der Waals surface area contributed by atoms with E-state index >= 15 is 0 Å². The van der Waals surface area contributed by atoms with Gasteiger partial charge in [-0.2, -0.15) is 0 Å². The number of hydrogen-bond donors (Lipinski definition) is 0. The molecule has 4 rings (SSSR count). The minimum atomic E-state index is -2.27. The fourth-order valence-corrected chi connectivity index (χ4v) is 8.06. The van der Waals surface area contributed by atoms with Gasteiger partial charge in [-0.05, 0) is 89.0 Å². The minimum absolute atomic E-state index is 0.0724. The van der Waals surface area contributed by atoms with Crippen LogP contribution in [0.2, 0.25) is 23.2 Å². The van der Waals surface area contributed by atoms with Crippen LogP contribution in [-0.4, -0.2) is 50.4 Å². The molecule has 0 N–H and O–H groups in total. The van der Waals surface area contributed by atoms with Crippen LogP contribution in [0.15, 0.2) is 83.9 Å². The number of nitrogens with zero attached hydrogens (tertiary/aromatic N) is 2. The van der Waals surface area contributed by atoms with Gasteiger partial charge in [0.2, 0.25) is 0 Å². The number of thiophene rings is 1. The van der Waals surface area contributed by atoms with Gasteiger partial charge in [0.05, 0.1) is 18.0 Å². The van der Waals surface area contributed by atoms with Gasteiger partial charge in [0.15, 0.2) is 14.4 Å².